The summed E-state index contributed by atoms with van der Waals surface area (Å²) in [5.41, 5.74) is 3.68. The van der Waals surface area contributed by atoms with Gasteiger partial charge in [-0.15, -0.1) is 0 Å². The van der Waals surface area contributed by atoms with Crippen LogP contribution in [-0.2, 0) is 19.5 Å². The summed E-state index contributed by atoms with van der Waals surface area (Å²) in [6, 6.07) is 14.4. The summed E-state index contributed by atoms with van der Waals surface area (Å²) in [5, 5.41) is 5.65. The number of nitrogens with one attached hydrogen (secondary N) is 2. The molecule has 0 aliphatic carbocycles. The average molecular weight is 327 g/mol. The number of carbonyl (C=O) groups excluding carboxylic acids is 1. The van der Waals surface area contributed by atoms with Gasteiger partial charge < -0.3 is 10.6 Å². The summed E-state index contributed by atoms with van der Waals surface area (Å²) in [6.07, 6.45) is 1.06. The van der Waals surface area contributed by atoms with Gasteiger partial charge in [-0.2, -0.15) is 0 Å². The number of amides is 2. The van der Waals surface area contributed by atoms with Gasteiger partial charge in [0.2, 0.25) is 0 Å². The van der Waals surface area contributed by atoms with Gasteiger partial charge in [0.25, 0.3) is 0 Å². The third-order valence-corrected chi connectivity index (χ3v) is 4.29. The summed E-state index contributed by atoms with van der Waals surface area (Å²) in [4.78, 5) is 14.2. The van der Waals surface area contributed by atoms with Crippen molar-refractivity contribution in [2.45, 2.75) is 19.5 Å². The molecule has 0 fully saturated rings. The lowest BCUT2D eigenvalue weighted by atomic mass is 10.00. The minimum absolute atomic E-state index is 0.197. The van der Waals surface area contributed by atoms with Gasteiger partial charge in [-0.25, -0.2) is 9.18 Å². The lowest BCUT2D eigenvalue weighted by Gasteiger charge is -2.28. The van der Waals surface area contributed by atoms with Crippen LogP contribution < -0.4 is 10.6 Å². The summed E-state index contributed by atoms with van der Waals surface area (Å²) in [5.74, 6) is -0.272. The van der Waals surface area contributed by atoms with Crippen molar-refractivity contribution in [2.24, 2.45) is 0 Å². The van der Waals surface area contributed by atoms with E-state index in [2.05, 4.69) is 39.8 Å². The highest BCUT2D eigenvalue weighted by atomic mass is 19.1. The van der Waals surface area contributed by atoms with Gasteiger partial charge in [0.1, 0.15) is 5.82 Å². The number of nitrogens with zero attached hydrogens (tertiary/aromatic N) is 1. The van der Waals surface area contributed by atoms with E-state index in [-0.39, 0.29) is 11.8 Å². The standard InChI is InChI=1S/C19H22FN3O/c20-18-7-5-15(6-8-18)13-22-19(24)21-10-12-23-11-9-16-3-1-2-4-17(16)14-23/h1-8H,9-14H2,(H2,21,22,24). The lowest BCUT2D eigenvalue weighted by Crippen LogP contribution is -2.41. The zero-order chi connectivity index (χ0) is 16.8. The molecule has 1 heterocycles. The summed E-state index contributed by atoms with van der Waals surface area (Å²) in [6.45, 7) is 3.80. The maximum Gasteiger partial charge on any atom is 0.315 e. The Bertz CT molecular complexity index is 687. The Labute approximate surface area is 141 Å². The summed E-state index contributed by atoms with van der Waals surface area (Å²) < 4.78 is 12.8. The van der Waals surface area contributed by atoms with Crippen molar-refractivity contribution in [3.63, 3.8) is 0 Å². The molecule has 2 N–H and O–H groups in total. The molecule has 3 rings (SSSR count). The van der Waals surface area contributed by atoms with Crippen molar-refractivity contribution in [2.75, 3.05) is 19.6 Å². The molecule has 4 nitrogen and oxygen atoms in total. The Hall–Kier alpha value is -2.40. The van der Waals surface area contributed by atoms with Crippen LogP contribution in [0.3, 0.4) is 0 Å². The predicted octanol–water partition coefficient (Wildman–Crippen LogP) is 2.68. The smallest absolute Gasteiger partial charge is 0.315 e. The topological polar surface area (TPSA) is 44.4 Å². The zero-order valence-electron chi connectivity index (χ0n) is 13.6. The fourth-order valence-electron chi connectivity index (χ4n) is 2.92. The number of hydrogen-bond donors (Lipinski definition) is 2. The van der Waals surface area contributed by atoms with Gasteiger partial charge in [-0.3, -0.25) is 4.90 Å². The summed E-state index contributed by atoms with van der Waals surface area (Å²) in [7, 11) is 0. The van der Waals surface area contributed by atoms with E-state index in [1.54, 1.807) is 12.1 Å². The first-order valence-electron chi connectivity index (χ1n) is 8.26. The molecule has 0 atom stereocenters. The van der Waals surface area contributed by atoms with Crippen molar-refractivity contribution in [3.05, 3.63) is 71.0 Å². The molecular formula is C19H22FN3O. The molecule has 0 radical (unpaired) electrons. The van der Waals surface area contributed by atoms with Crippen LogP contribution in [-0.4, -0.2) is 30.6 Å². The van der Waals surface area contributed by atoms with Gasteiger partial charge in [-0.05, 0) is 35.2 Å². The lowest BCUT2D eigenvalue weighted by molar-refractivity contribution is 0.230. The molecule has 2 aromatic rings. The van der Waals surface area contributed by atoms with Gasteiger partial charge >= 0.3 is 6.03 Å². The fraction of sp³-hybridized carbons (Fsp3) is 0.316. The number of hydrogen-bond acceptors (Lipinski definition) is 2. The van der Waals surface area contributed by atoms with Crippen LogP contribution in [0.2, 0.25) is 0 Å². The Morgan fingerprint density at radius 1 is 1.04 bits per heavy atom. The molecule has 0 bridgehead atoms. The number of urea groups is 1. The van der Waals surface area contributed by atoms with Crippen molar-refractivity contribution in [1.29, 1.82) is 0 Å². The second kappa shape index (κ2) is 7.93. The number of carbonyl (C=O) groups is 1. The molecule has 2 aromatic carbocycles. The molecule has 0 aromatic heterocycles. The molecule has 2 amide bonds. The quantitative estimate of drug-likeness (QED) is 0.887. The second-order valence-corrected chi connectivity index (χ2v) is 6.03. The molecule has 0 saturated carbocycles. The predicted molar refractivity (Wildman–Crippen MR) is 92.1 cm³/mol. The zero-order valence-corrected chi connectivity index (χ0v) is 13.6. The SMILES string of the molecule is O=C(NCCN1CCc2ccccc2C1)NCc1ccc(F)cc1. The van der Waals surface area contributed by atoms with E-state index in [9.17, 15) is 9.18 Å². The largest absolute Gasteiger partial charge is 0.337 e. The van der Waals surface area contributed by atoms with Gasteiger partial charge in [-0.1, -0.05) is 36.4 Å². The molecule has 1 aliphatic rings. The third-order valence-electron chi connectivity index (χ3n) is 4.29. The average Bonchev–Trinajstić information content (AvgIpc) is 2.61. The van der Waals surface area contributed by atoms with E-state index in [1.165, 1.54) is 23.3 Å². The Kier molecular flexibility index (Phi) is 5.43. The first-order chi connectivity index (χ1) is 11.7. The van der Waals surface area contributed by atoms with E-state index in [0.717, 1.165) is 31.6 Å². The van der Waals surface area contributed by atoms with Crippen LogP contribution in [0.15, 0.2) is 48.5 Å². The van der Waals surface area contributed by atoms with Crippen LogP contribution in [0.1, 0.15) is 16.7 Å². The monoisotopic (exact) mass is 327 g/mol. The molecule has 126 valence electrons. The van der Waals surface area contributed by atoms with Crippen molar-refractivity contribution in [3.8, 4) is 0 Å². The molecule has 1 aliphatic heterocycles. The van der Waals surface area contributed by atoms with Crippen LogP contribution in [0.25, 0.3) is 0 Å². The number of benzene rings is 2. The highest BCUT2D eigenvalue weighted by molar-refractivity contribution is 5.73. The molecule has 0 saturated heterocycles. The van der Waals surface area contributed by atoms with E-state index < -0.39 is 0 Å². The van der Waals surface area contributed by atoms with Crippen LogP contribution >= 0.6 is 0 Å². The van der Waals surface area contributed by atoms with Crippen molar-refractivity contribution < 1.29 is 9.18 Å². The minimum Gasteiger partial charge on any atom is -0.337 e. The fourth-order valence-corrected chi connectivity index (χ4v) is 2.92. The Morgan fingerprint density at radius 2 is 1.79 bits per heavy atom. The Morgan fingerprint density at radius 3 is 2.58 bits per heavy atom. The molecule has 24 heavy (non-hydrogen) atoms. The number of halogens is 1. The van der Waals surface area contributed by atoms with Gasteiger partial charge in [0, 0.05) is 32.7 Å². The van der Waals surface area contributed by atoms with Crippen molar-refractivity contribution >= 4 is 6.03 Å². The van der Waals surface area contributed by atoms with E-state index in [1.807, 2.05) is 0 Å². The summed E-state index contributed by atoms with van der Waals surface area (Å²) >= 11 is 0. The maximum atomic E-state index is 12.8. The van der Waals surface area contributed by atoms with E-state index in [0.29, 0.717) is 13.1 Å². The van der Waals surface area contributed by atoms with Crippen LogP contribution in [0.5, 0.6) is 0 Å². The molecule has 0 spiro atoms. The number of fused-ring (bicyclic) bond motifs is 1. The number of rotatable bonds is 5. The second-order valence-electron chi connectivity index (χ2n) is 6.03. The third kappa shape index (κ3) is 4.55. The highest BCUT2D eigenvalue weighted by Crippen LogP contribution is 2.17. The van der Waals surface area contributed by atoms with Crippen LogP contribution in [0.4, 0.5) is 9.18 Å². The van der Waals surface area contributed by atoms with Crippen molar-refractivity contribution in [1.82, 2.24) is 15.5 Å². The van der Waals surface area contributed by atoms with E-state index >= 15 is 0 Å². The molecular weight excluding hydrogens is 305 g/mol. The first-order valence-corrected chi connectivity index (χ1v) is 8.26. The maximum absolute atomic E-state index is 12.8. The minimum atomic E-state index is -0.272. The van der Waals surface area contributed by atoms with E-state index in [4.69, 9.17) is 0 Å². The van der Waals surface area contributed by atoms with Gasteiger partial charge in [0.15, 0.2) is 0 Å². The first kappa shape index (κ1) is 16.5. The molecule has 5 heteroatoms. The highest BCUT2D eigenvalue weighted by Gasteiger charge is 2.15. The normalized spacial score (nSPS) is 14.0. The van der Waals surface area contributed by atoms with Gasteiger partial charge in [0.05, 0.1) is 0 Å². The Balaban J connectivity index is 1.36. The molecule has 0 unspecified atom stereocenters. The van der Waals surface area contributed by atoms with Crippen LogP contribution in [0, 0.1) is 5.82 Å².